The highest BCUT2D eigenvalue weighted by atomic mass is 35.5. The summed E-state index contributed by atoms with van der Waals surface area (Å²) in [7, 11) is -3.30. The van der Waals surface area contributed by atoms with Crippen molar-refractivity contribution in [3.63, 3.8) is 0 Å². The first-order valence-corrected chi connectivity index (χ1v) is 8.01. The van der Waals surface area contributed by atoms with Crippen LogP contribution < -0.4 is 5.73 Å². The van der Waals surface area contributed by atoms with Crippen LogP contribution in [-0.4, -0.2) is 26.7 Å². The lowest BCUT2D eigenvalue weighted by Crippen LogP contribution is -2.17. The van der Waals surface area contributed by atoms with Crippen molar-refractivity contribution in [2.75, 3.05) is 12.0 Å². The first kappa shape index (κ1) is 15.8. The molecule has 106 valence electrons. The minimum absolute atomic E-state index is 0.0200. The van der Waals surface area contributed by atoms with Gasteiger partial charge < -0.3 is 10.5 Å². The van der Waals surface area contributed by atoms with Crippen molar-refractivity contribution in [1.29, 1.82) is 0 Å². The monoisotopic (exact) mass is 305 g/mol. The molecule has 5 nitrogen and oxygen atoms in total. The number of halogens is 1. The number of benzene rings is 1. The van der Waals surface area contributed by atoms with Crippen molar-refractivity contribution in [2.24, 2.45) is 0 Å². The molecule has 7 heteroatoms. The van der Waals surface area contributed by atoms with Gasteiger partial charge in [-0.2, -0.15) is 0 Å². The summed E-state index contributed by atoms with van der Waals surface area (Å²) in [4.78, 5) is 12.0. The van der Waals surface area contributed by atoms with Gasteiger partial charge in [0.2, 0.25) is 0 Å². The highest BCUT2D eigenvalue weighted by Gasteiger charge is 2.21. The van der Waals surface area contributed by atoms with E-state index in [9.17, 15) is 13.2 Å². The van der Waals surface area contributed by atoms with E-state index in [4.69, 9.17) is 22.1 Å². The molecule has 0 unspecified atom stereocenters. The molecular formula is C12H16ClNO4S. The number of hydrogen-bond acceptors (Lipinski definition) is 5. The first-order chi connectivity index (χ1) is 8.61. The van der Waals surface area contributed by atoms with Crippen molar-refractivity contribution in [3.05, 3.63) is 28.3 Å². The number of nitrogen functional groups attached to an aromatic ring is 1. The quantitative estimate of drug-likeness (QED) is 0.679. The maximum atomic E-state index is 12.0. The topological polar surface area (TPSA) is 86.5 Å². The van der Waals surface area contributed by atoms with E-state index in [-0.39, 0.29) is 33.7 Å². The molecular weight excluding hydrogens is 290 g/mol. The summed E-state index contributed by atoms with van der Waals surface area (Å²) in [6.45, 7) is 3.38. The van der Waals surface area contributed by atoms with E-state index in [0.29, 0.717) is 0 Å². The summed E-state index contributed by atoms with van der Waals surface area (Å²) in [5, 5.41) is 0.188. The zero-order chi connectivity index (χ0) is 14.8. The molecule has 0 aliphatic rings. The second kappa shape index (κ2) is 5.79. The standard InChI is InChI=1S/C12H16ClNO4S/c1-7(2)18-12(15)10-8(6-19(3,16)17)4-5-9(13)11(10)14/h4-5,7H,6,14H2,1-3H3. The number of anilines is 1. The van der Waals surface area contributed by atoms with E-state index in [1.165, 1.54) is 12.1 Å². The maximum Gasteiger partial charge on any atom is 0.340 e. The number of nitrogens with two attached hydrogens (primary N) is 1. The van der Waals surface area contributed by atoms with Gasteiger partial charge in [0.1, 0.15) is 0 Å². The average Bonchev–Trinajstić information content (AvgIpc) is 2.20. The highest BCUT2D eigenvalue weighted by Crippen LogP contribution is 2.28. The van der Waals surface area contributed by atoms with Crippen LogP contribution in [-0.2, 0) is 20.3 Å². The zero-order valence-corrected chi connectivity index (χ0v) is 12.5. The fourth-order valence-corrected chi connectivity index (χ4v) is 2.52. The lowest BCUT2D eigenvalue weighted by atomic mass is 10.1. The number of esters is 1. The Bertz CT molecular complexity index is 596. The minimum Gasteiger partial charge on any atom is -0.459 e. The van der Waals surface area contributed by atoms with Gasteiger partial charge in [0, 0.05) is 6.26 Å². The lowest BCUT2D eigenvalue weighted by Gasteiger charge is -2.14. The molecule has 0 heterocycles. The summed E-state index contributed by atoms with van der Waals surface area (Å²) in [5.74, 6) is -0.967. The molecule has 0 aliphatic heterocycles. The number of carbonyl (C=O) groups excluding carboxylic acids is 1. The van der Waals surface area contributed by atoms with Crippen LogP contribution in [0.3, 0.4) is 0 Å². The smallest absolute Gasteiger partial charge is 0.340 e. The van der Waals surface area contributed by atoms with Gasteiger partial charge >= 0.3 is 5.97 Å². The molecule has 2 N–H and O–H groups in total. The van der Waals surface area contributed by atoms with Crippen LogP contribution in [0.5, 0.6) is 0 Å². The molecule has 1 aromatic carbocycles. The van der Waals surface area contributed by atoms with E-state index in [0.717, 1.165) is 6.26 Å². The van der Waals surface area contributed by atoms with Gasteiger partial charge in [-0.05, 0) is 25.5 Å². The molecule has 0 bridgehead atoms. The number of carbonyl (C=O) groups is 1. The van der Waals surface area contributed by atoms with E-state index in [2.05, 4.69) is 0 Å². The molecule has 1 aromatic rings. The molecule has 0 atom stereocenters. The molecule has 0 aliphatic carbocycles. The fourth-order valence-electron chi connectivity index (χ4n) is 1.56. The summed E-state index contributed by atoms with van der Waals surface area (Å²) in [6, 6.07) is 2.93. The lowest BCUT2D eigenvalue weighted by molar-refractivity contribution is 0.0378. The first-order valence-electron chi connectivity index (χ1n) is 5.57. The predicted molar refractivity (Wildman–Crippen MR) is 75.0 cm³/mol. The third kappa shape index (κ3) is 4.40. The number of rotatable bonds is 4. The summed E-state index contributed by atoms with van der Waals surface area (Å²) < 4.78 is 27.8. The average molecular weight is 306 g/mol. The third-order valence-corrected chi connectivity index (χ3v) is 3.41. The zero-order valence-electron chi connectivity index (χ0n) is 10.9. The van der Waals surface area contributed by atoms with Crippen molar-refractivity contribution in [1.82, 2.24) is 0 Å². The summed E-state index contributed by atoms with van der Waals surface area (Å²) in [6.07, 6.45) is 0.743. The van der Waals surface area contributed by atoms with Gasteiger partial charge in [0.25, 0.3) is 0 Å². The van der Waals surface area contributed by atoms with Crippen LogP contribution in [0, 0.1) is 0 Å². The van der Waals surface area contributed by atoms with Crippen LogP contribution in [0.2, 0.25) is 5.02 Å². The van der Waals surface area contributed by atoms with Gasteiger partial charge in [-0.1, -0.05) is 17.7 Å². The van der Waals surface area contributed by atoms with Crippen LogP contribution in [0.25, 0.3) is 0 Å². The van der Waals surface area contributed by atoms with Crippen LogP contribution in [0.1, 0.15) is 29.8 Å². The van der Waals surface area contributed by atoms with Crippen molar-refractivity contribution in [3.8, 4) is 0 Å². The van der Waals surface area contributed by atoms with E-state index >= 15 is 0 Å². The highest BCUT2D eigenvalue weighted by molar-refractivity contribution is 7.89. The molecule has 0 aromatic heterocycles. The Hall–Kier alpha value is -1.27. The maximum absolute atomic E-state index is 12.0. The Labute approximate surface area is 117 Å². The Morgan fingerprint density at radius 2 is 2.00 bits per heavy atom. The SMILES string of the molecule is CC(C)OC(=O)c1c(CS(C)(=O)=O)ccc(Cl)c1N. The molecule has 0 spiro atoms. The fraction of sp³-hybridized carbons (Fsp3) is 0.417. The Morgan fingerprint density at radius 1 is 1.42 bits per heavy atom. The Kier molecular flexibility index (Phi) is 4.81. The molecule has 0 saturated carbocycles. The third-order valence-electron chi connectivity index (χ3n) is 2.24. The van der Waals surface area contributed by atoms with Crippen LogP contribution >= 0.6 is 11.6 Å². The normalized spacial score (nSPS) is 11.6. The number of ether oxygens (including phenoxy) is 1. The summed E-state index contributed by atoms with van der Waals surface area (Å²) >= 11 is 5.86. The molecule has 0 radical (unpaired) electrons. The van der Waals surface area contributed by atoms with Gasteiger partial charge in [-0.3, -0.25) is 0 Å². The van der Waals surface area contributed by atoms with Crippen molar-refractivity contribution >= 4 is 33.1 Å². The largest absolute Gasteiger partial charge is 0.459 e. The van der Waals surface area contributed by atoms with E-state index in [1.54, 1.807) is 13.8 Å². The molecule has 0 fully saturated rings. The Balaban J connectivity index is 3.33. The molecule has 0 saturated heterocycles. The van der Waals surface area contributed by atoms with Crippen molar-refractivity contribution < 1.29 is 17.9 Å². The number of hydrogen-bond donors (Lipinski definition) is 1. The predicted octanol–water partition coefficient (Wildman–Crippen LogP) is 2.03. The summed E-state index contributed by atoms with van der Waals surface area (Å²) in [5.41, 5.74) is 6.09. The van der Waals surface area contributed by atoms with Gasteiger partial charge in [0.05, 0.1) is 28.1 Å². The van der Waals surface area contributed by atoms with Gasteiger partial charge in [0.15, 0.2) is 9.84 Å². The Morgan fingerprint density at radius 3 is 2.47 bits per heavy atom. The van der Waals surface area contributed by atoms with Crippen LogP contribution in [0.15, 0.2) is 12.1 Å². The minimum atomic E-state index is -3.30. The molecule has 19 heavy (non-hydrogen) atoms. The molecule has 1 rings (SSSR count). The second-order valence-corrected chi connectivity index (χ2v) is 7.07. The second-order valence-electron chi connectivity index (χ2n) is 4.52. The number of sulfone groups is 1. The van der Waals surface area contributed by atoms with E-state index < -0.39 is 15.8 Å². The van der Waals surface area contributed by atoms with Crippen molar-refractivity contribution in [2.45, 2.75) is 25.7 Å². The van der Waals surface area contributed by atoms with Crippen LogP contribution in [0.4, 0.5) is 5.69 Å². The molecule has 0 amide bonds. The van der Waals surface area contributed by atoms with Gasteiger partial charge in [-0.15, -0.1) is 0 Å². The van der Waals surface area contributed by atoms with E-state index in [1.807, 2.05) is 0 Å². The van der Waals surface area contributed by atoms with Gasteiger partial charge in [-0.25, -0.2) is 13.2 Å².